The number of hydrogen-bond donors (Lipinski definition) is 0. The highest BCUT2D eigenvalue weighted by molar-refractivity contribution is 9.10. The zero-order valence-electron chi connectivity index (χ0n) is 12.0. The summed E-state index contributed by atoms with van der Waals surface area (Å²) in [6.07, 6.45) is 1.54. The maximum atomic E-state index is 13.9. The van der Waals surface area contributed by atoms with Crippen LogP contribution in [-0.2, 0) is 4.79 Å². The highest BCUT2D eigenvalue weighted by Crippen LogP contribution is 2.37. The lowest BCUT2D eigenvalue weighted by Crippen LogP contribution is -2.28. The molecular formula is C17H11BrFNOS2. The van der Waals surface area contributed by atoms with Gasteiger partial charge in [-0.25, -0.2) is 4.39 Å². The first-order valence-electron chi connectivity index (χ1n) is 6.76. The van der Waals surface area contributed by atoms with Gasteiger partial charge in [-0.1, -0.05) is 58.1 Å². The fourth-order valence-electron chi connectivity index (χ4n) is 2.26. The highest BCUT2D eigenvalue weighted by Gasteiger charge is 2.34. The monoisotopic (exact) mass is 407 g/mol. The minimum absolute atomic E-state index is 0.228. The van der Waals surface area contributed by atoms with Gasteiger partial charge in [-0.15, -0.1) is 0 Å². The van der Waals surface area contributed by atoms with E-state index < -0.39 is 0 Å². The molecule has 1 saturated heterocycles. The van der Waals surface area contributed by atoms with E-state index in [1.807, 2.05) is 31.2 Å². The van der Waals surface area contributed by atoms with Crippen LogP contribution < -0.4 is 4.90 Å². The van der Waals surface area contributed by atoms with E-state index in [9.17, 15) is 9.18 Å². The maximum absolute atomic E-state index is 13.9. The molecule has 0 unspecified atom stereocenters. The lowest BCUT2D eigenvalue weighted by Gasteiger charge is -2.16. The van der Waals surface area contributed by atoms with Crippen LogP contribution >= 0.6 is 39.9 Å². The number of rotatable bonds is 2. The van der Waals surface area contributed by atoms with Crippen LogP contribution in [0.2, 0.25) is 0 Å². The fourth-order valence-corrected chi connectivity index (χ4v) is 3.91. The largest absolute Gasteiger partial charge is 0.270 e. The Morgan fingerprint density at radius 2 is 2.00 bits per heavy atom. The molecule has 2 nitrogen and oxygen atoms in total. The van der Waals surface area contributed by atoms with E-state index in [4.69, 9.17) is 12.2 Å². The first-order valence-corrected chi connectivity index (χ1v) is 8.78. The van der Waals surface area contributed by atoms with Crippen LogP contribution in [-0.4, -0.2) is 10.2 Å². The minimum atomic E-state index is -0.380. The van der Waals surface area contributed by atoms with E-state index in [0.29, 0.717) is 14.8 Å². The van der Waals surface area contributed by atoms with Gasteiger partial charge in [0.15, 0.2) is 4.32 Å². The van der Waals surface area contributed by atoms with Crippen molar-refractivity contribution < 1.29 is 9.18 Å². The molecule has 23 heavy (non-hydrogen) atoms. The van der Waals surface area contributed by atoms with E-state index in [1.165, 1.54) is 28.8 Å². The number of amides is 1. The summed E-state index contributed by atoms with van der Waals surface area (Å²) in [5, 5.41) is 0. The number of benzene rings is 2. The van der Waals surface area contributed by atoms with Crippen LogP contribution in [0.1, 0.15) is 11.1 Å². The Hall–Kier alpha value is -1.50. The normalized spacial score (nSPS) is 16.5. The molecule has 1 aliphatic heterocycles. The Bertz CT molecular complexity index is 850. The van der Waals surface area contributed by atoms with Gasteiger partial charge in [0.05, 0.1) is 10.6 Å². The van der Waals surface area contributed by atoms with Crippen molar-refractivity contribution in [2.75, 3.05) is 4.90 Å². The van der Waals surface area contributed by atoms with Crippen molar-refractivity contribution in [3.8, 4) is 0 Å². The molecule has 2 aromatic carbocycles. The van der Waals surface area contributed by atoms with Crippen molar-refractivity contribution in [2.24, 2.45) is 0 Å². The van der Waals surface area contributed by atoms with E-state index in [1.54, 1.807) is 12.1 Å². The van der Waals surface area contributed by atoms with Gasteiger partial charge in [-0.05, 0) is 42.8 Å². The van der Waals surface area contributed by atoms with Crippen molar-refractivity contribution in [3.05, 3.63) is 68.8 Å². The predicted molar refractivity (Wildman–Crippen MR) is 101 cm³/mol. The minimum Gasteiger partial charge on any atom is -0.268 e. The van der Waals surface area contributed by atoms with Crippen molar-refractivity contribution in [1.82, 2.24) is 0 Å². The number of carbonyl (C=O) groups is 1. The van der Waals surface area contributed by atoms with Gasteiger partial charge in [0.25, 0.3) is 5.91 Å². The van der Waals surface area contributed by atoms with Gasteiger partial charge in [-0.3, -0.25) is 9.69 Å². The van der Waals surface area contributed by atoms with Gasteiger partial charge in [0.2, 0.25) is 0 Å². The van der Waals surface area contributed by atoms with Crippen molar-refractivity contribution in [1.29, 1.82) is 0 Å². The third-order valence-electron chi connectivity index (χ3n) is 3.39. The SMILES string of the molecule is Cc1ccccc1N1C(=O)/C(=C\c2cc(Br)ccc2F)SC1=S. The highest BCUT2D eigenvalue weighted by atomic mass is 79.9. The molecule has 0 atom stereocenters. The Kier molecular flexibility index (Phi) is 4.66. The topological polar surface area (TPSA) is 20.3 Å². The molecular weight excluding hydrogens is 397 g/mol. The van der Waals surface area contributed by atoms with Gasteiger partial charge >= 0.3 is 0 Å². The molecule has 1 fully saturated rings. The first kappa shape index (κ1) is 16.4. The third kappa shape index (κ3) is 3.24. The molecule has 116 valence electrons. The maximum Gasteiger partial charge on any atom is 0.270 e. The lowest BCUT2D eigenvalue weighted by molar-refractivity contribution is -0.113. The summed E-state index contributed by atoms with van der Waals surface area (Å²) in [5.74, 6) is -0.608. The number of hydrogen-bond acceptors (Lipinski definition) is 3. The average molecular weight is 408 g/mol. The summed E-state index contributed by atoms with van der Waals surface area (Å²) in [7, 11) is 0. The molecule has 3 rings (SSSR count). The van der Waals surface area contributed by atoms with Gasteiger partial charge in [-0.2, -0.15) is 0 Å². The number of thioether (sulfide) groups is 1. The third-order valence-corrected chi connectivity index (χ3v) is 5.19. The second-order valence-corrected chi connectivity index (χ2v) is 7.56. The molecule has 0 saturated carbocycles. The summed E-state index contributed by atoms with van der Waals surface area (Å²) < 4.78 is 15.1. The Labute approximate surface area is 151 Å². The van der Waals surface area contributed by atoms with Crippen LogP contribution in [0.4, 0.5) is 10.1 Å². The Balaban J connectivity index is 2.00. The molecule has 0 bridgehead atoms. The molecule has 0 aromatic heterocycles. The summed E-state index contributed by atoms with van der Waals surface area (Å²) in [4.78, 5) is 14.6. The van der Waals surface area contributed by atoms with Gasteiger partial charge in [0, 0.05) is 10.0 Å². The number of carbonyl (C=O) groups excluding carboxylic acids is 1. The second kappa shape index (κ2) is 6.55. The molecule has 0 radical (unpaired) electrons. The number of anilines is 1. The van der Waals surface area contributed by atoms with Crippen molar-refractivity contribution in [2.45, 2.75) is 6.92 Å². The molecule has 0 spiro atoms. The Morgan fingerprint density at radius 1 is 1.26 bits per heavy atom. The fraction of sp³-hybridized carbons (Fsp3) is 0.0588. The van der Waals surface area contributed by atoms with Crippen molar-refractivity contribution >= 4 is 61.9 Å². The van der Waals surface area contributed by atoms with Gasteiger partial charge < -0.3 is 0 Å². The first-order chi connectivity index (χ1) is 11.0. The number of nitrogens with zero attached hydrogens (tertiary/aromatic N) is 1. The summed E-state index contributed by atoms with van der Waals surface area (Å²) >= 11 is 9.82. The second-order valence-electron chi connectivity index (χ2n) is 4.97. The molecule has 0 aliphatic carbocycles. The molecule has 1 amide bonds. The summed E-state index contributed by atoms with van der Waals surface area (Å²) in [5.41, 5.74) is 2.07. The summed E-state index contributed by atoms with van der Waals surface area (Å²) in [6.45, 7) is 1.92. The van der Waals surface area contributed by atoms with E-state index >= 15 is 0 Å². The lowest BCUT2D eigenvalue weighted by atomic mass is 10.1. The van der Waals surface area contributed by atoms with Gasteiger partial charge in [0.1, 0.15) is 5.82 Å². The quantitative estimate of drug-likeness (QED) is 0.497. The van der Waals surface area contributed by atoms with Crippen LogP contribution in [0.25, 0.3) is 6.08 Å². The Morgan fingerprint density at radius 3 is 2.74 bits per heavy atom. The zero-order chi connectivity index (χ0) is 16.6. The van der Waals surface area contributed by atoms with Crippen LogP contribution in [0, 0.1) is 12.7 Å². The molecule has 0 N–H and O–H groups in total. The number of aryl methyl sites for hydroxylation is 1. The van der Waals surface area contributed by atoms with Crippen LogP contribution in [0.15, 0.2) is 51.8 Å². The smallest absolute Gasteiger partial charge is 0.268 e. The van der Waals surface area contributed by atoms with Crippen molar-refractivity contribution in [3.63, 3.8) is 0 Å². The molecule has 2 aromatic rings. The molecule has 6 heteroatoms. The van der Waals surface area contributed by atoms with E-state index in [0.717, 1.165) is 15.7 Å². The number of para-hydroxylation sites is 1. The number of halogens is 2. The summed E-state index contributed by atoms with van der Waals surface area (Å²) in [6, 6.07) is 12.1. The number of thiocarbonyl (C=S) groups is 1. The van der Waals surface area contributed by atoms with Crippen LogP contribution in [0.3, 0.4) is 0 Å². The molecule has 1 aliphatic rings. The van der Waals surface area contributed by atoms with E-state index in [-0.39, 0.29) is 11.7 Å². The predicted octanol–water partition coefficient (Wildman–Crippen LogP) is 5.30. The zero-order valence-corrected chi connectivity index (χ0v) is 15.3. The average Bonchev–Trinajstić information content (AvgIpc) is 2.78. The van der Waals surface area contributed by atoms with Crippen LogP contribution in [0.5, 0.6) is 0 Å². The van der Waals surface area contributed by atoms with E-state index in [2.05, 4.69) is 15.9 Å². The molecule has 1 heterocycles. The standard InChI is InChI=1S/C17H11BrFNOS2/c1-10-4-2-3-5-14(10)20-16(21)15(23-17(20)22)9-11-8-12(18)6-7-13(11)19/h2-9H,1H3/b15-9+.